The molecule has 0 heterocycles. The molecule has 0 bridgehead atoms. The minimum atomic E-state index is -0.720. The standard InChI is InChI=1S/C9H7N5O2S/c1-17-9-5(3-11)6(12)4(2-10)7(13)8(9)14(15)16/h12-13H2,1H3. The first-order chi connectivity index (χ1) is 7.99. The van der Waals surface area contributed by atoms with Crippen LogP contribution in [0, 0.1) is 32.8 Å². The second-order valence-corrected chi connectivity index (χ2v) is 3.76. The lowest BCUT2D eigenvalue weighted by atomic mass is 10.0. The molecule has 7 nitrogen and oxygen atoms in total. The molecule has 0 atom stereocenters. The molecular weight excluding hydrogens is 242 g/mol. The Kier molecular flexibility index (Phi) is 3.41. The van der Waals surface area contributed by atoms with Gasteiger partial charge in [-0.05, 0) is 6.26 Å². The van der Waals surface area contributed by atoms with E-state index in [0.29, 0.717) is 0 Å². The highest BCUT2D eigenvalue weighted by Crippen LogP contribution is 2.41. The number of rotatable bonds is 2. The second-order valence-electron chi connectivity index (χ2n) is 2.94. The van der Waals surface area contributed by atoms with E-state index < -0.39 is 10.6 Å². The Balaban J connectivity index is 3.91. The highest BCUT2D eigenvalue weighted by molar-refractivity contribution is 7.98. The van der Waals surface area contributed by atoms with Gasteiger partial charge in [0, 0.05) is 0 Å². The number of anilines is 2. The van der Waals surface area contributed by atoms with Crippen molar-refractivity contribution in [3.05, 3.63) is 21.2 Å². The molecule has 1 rings (SSSR count). The Labute approximate surface area is 101 Å². The van der Waals surface area contributed by atoms with Crippen molar-refractivity contribution < 1.29 is 4.92 Å². The van der Waals surface area contributed by atoms with Crippen LogP contribution in [-0.4, -0.2) is 11.2 Å². The molecule has 0 unspecified atom stereocenters. The van der Waals surface area contributed by atoms with Gasteiger partial charge in [0.2, 0.25) is 0 Å². The van der Waals surface area contributed by atoms with Crippen molar-refractivity contribution in [2.24, 2.45) is 0 Å². The van der Waals surface area contributed by atoms with Crippen LogP contribution in [0.4, 0.5) is 17.1 Å². The molecule has 86 valence electrons. The molecule has 0 saturated carbocycles. The fourth-order valence-electron chi connectivity index (χ4n) is 1.36. The topological polar surface area (TPSA) is 143 Å². The van der Waals surface area contributed by atoms with Crippen molar-refractivity contribution in [3.63, 3.8) is 0 Å². The number of nitrogen functional groups attached to an aromatic ring is 2. The molecule has 0 fully saturated rings. The van der Waals surface area contributed by atoms with Crippen LogP contribution in [0.1, 0.15) is 11.1 Å². The third kappa shape index (κ3) is 1.82. The average Bonchev–Trinajstić information content (AvgIpc) is 2.28. The molecule has 0 aliphatic heterocycles. The van der Waals surface area contributed by atoms with Gasteiger partial charge in [-0.15, -0.1) is 11.8 Å². The summed E-state index contributed by atoms with van der Waals surface area (Å²) in [5.41, 5.74) is 9.93. The van der Waals surface area contributed by atoms with Gasteiger partial charge in [0.25, 0.3) is 0 Å². The van der Waals surface area contributed by atoms with Crippen LogP contribution in [-0.2, 0) is 0 Å². The Morgan fingerprint density at radius 2 is 1.76 bits per heavy atom. The van der Waals surface area contributed by atoms with E-state index in [9.17, 15) is 10.1 Å². The molecule has 4 N–H and O–H groups in total. The van der Waals surface area contributed by atoms with Crippen molar-refractivity contribution in [1.29, 1.82) is 10.5 Å². The van der Waals surface area contributed by atoms with Crippen LogP contribution in [0.5, 0.6) is 0 Å². The molecule has 1 aromatic carbocycles. The number of hydrogen-bond acceptors (Lipinski definition) is 7. The van der Waals surface area contributed by atoms with Gasteiger partial charge in [-0.1, -0.05) is 0 Å². The maximum Gasteiger partial charge on any atom is 0.308 e. The summed E-state index contributed by atoms with van der Waals surface area (Å²) in [6.45, 7) is 0. The van der Waals surface area contributed by atoms with Gasteiger partial charge in [-0.3, -0.25) is 10.1 Å². The largest absolute Gasteiger partial charge is 0.396 e. The van der Waals surface area contributed by atoms with Gasteiger partial charge >= 0.3 is 5.69 Å². The zero-order valence-electron chi connectivity index (χ0n) is 8.72. The van der Waals surface area contributed by atoms with Crippen LogP contribution < -0.4 is 11.5 Å². The lowest BCUT2D eigenvalue weighted by Crippen LogP contribution is -2.07. The Morgan fingerprint density at radius 1 is 1.24 bits per heavy atom. The number of hydrogen-bond donors (Lipinski definition) is 2. The summed E-state index contributed by atoms with van der Waals surface area (Å²) in [6, 6.07) is 3.43. The molecule has 17 heavy (non-hydrogen) atoms. The first-order valence-electron chi connectivity index (χ1n) is 4.23. The summed E-state index contributed by atoms with van der Waals surface area (Å²) in [6.07, 6.45) is 1.56. The maximum atomic E-state index is 10.9. The monoisotopic (exact) mass is 249 g/mol. The number of nitro groups is 1. The zero-order chi connectivity index (χ0) is 13.2. The van der Waals surface area contributed by atoms with Crippen LogP contribution in [0.25, 0.3) is 0 Å². The number of nitrogens with zero attached hydrogens (tertiary/aromatic N) is 3. The summed E-state index contributed by atoms with van der Waals surface area (Å²) in [5.74, 6) is 0. The number of nitrogens with two attached hydrogens (primary N) is 2. The summed E-state index contributed by atoms with van der Waals surface area (Å²) in [4.78, 5) is 10.3. The van der Waals surface area contributed by atoms with E-state index in [-0.39, 0.29) is 27.4 Å². The predicted octanol–water partition coefficient (Wildman–Crippen LogP) is 1.22. The van der Waals surface area contributed by atoms with E-state index in [2.05, 4.69) is 0 Å². The van der Waals surface area contributed by atoms with Crippen LogP contribution >= 0.6 is 11.8 Å². The fourth-order valence-corrected chi connectivity index (χ4v) is 2.10. The summed E-state index contributed by atoms with van der Waals surface area (Å²) >= 11 is 0.989. The summed E-state index contributed by atoms with van der Waals surface area (Å²) in [5, 5.41) is 28.7. The van der Waals surface area contributed by atoms with Crippen LogP contribution in [0.15, 0.2) is 4.90 Å². The normalized spacial score (nSPS) is 9.35. The quantitative estimate of drug-likeness (QED) is 0.347. The third-order valence-electron chi connectivity index (χ3n) is 2.12. The van der Waals surface area contributed by atoms with Gasteiger partial charge in [0.15, 0.2) is 0 Å². The van der Waals surface area contributed by atoms with Crippen LogP contribution in [0.2, 0.25) is 0 Å². The SMILES string of the molecule is CSc1c(C#N)c(N)c(C#N)c(N)c1[N+](=O)[O-]. The highest BCUT2D eigenvalue weighted by Gasteiger charge is 2.28. The minimum Gasteiger partial charge on any atom is -0.396 e. The van der Waals surface area contributed by atoms with Crippen LogP contribution in [0.3, 0.4) is 0 Å². The first kappa shape index (κ1) is 12.6. The van der Waals surface area contributed by atoms with Crippen molar-refractivity contribution >= 4 is 28.8 Å². The Hall–Kier alpha value is -2.45. The molecule has 0 spiro atoms. The van der Waals surface area contributed by atoms with Gasteiger partial charge in [-0.2, -0.15) is 10.5 Å². The van der Waals surface area contributed by atoms with Crippen molar-refractivity contribution in [3.8, 4) is 12.1 Å². The lowest BCUT2D eigenvalue weighted by Gasteiger charge is -2.09. The summed E-state index contributed by atoms with van der Waals surface area (Å²) in [7, 11) is 0. The van der Waals surface area contributed by atoms with E-state index in [4.69, 9.17) is 22.0 Å². The van der Waals surface area contributed by atoms with Crippen molar-refractivity contribution in [2.75, 3.05) is 17.7 Å². The molecule has 1 aromatic rings. The van der Waals surface area contributed by atoms with Gasteiger partial charge in [0.1, 0.15) is 28.3 Å². The predicted molar refractivity (Wildman–Crippen MR) is 63.1 cm³/mol. The average molecular weight is 249 g/mol. The molecule has 0 aromatic heterocycles. The van der Waals surface area contributed by atoms with E-state index >= 15 is 0 Å². The third-order valence-corrected chi connectivity index (χ3v) is 2.92. The molecule has 0 saturated heterocycles. The summed E-state index contributed by atoms with van der Waals surface area (Å²) < 4.78 is 0. The van der Waals surface area contributed by atoms with E-state index in [1.54, 1.807) is 18.4 Å². The maximum absolute atomic E-state index is 10.9. The zero-order valence-corrected chi connectivity index (χ0v) is 9.54. The Bertz CT molecular complexity index is 585. The number of nitriles is 2. The number of nitro benzene ring substituents is 1. The smallest absolute Gasteiger partial charge is 0.308 e. The molecule has 0 aliphatic carbocycles. The molecule has 0 radical (unpaired) electrons. The van der Waals surface area contributed by atoms with E-state index in [1.807, 2.05) is 0 Å². The van der Waals surface area contributed by atoms with E-state index in [0.717, 1.165) is 11.8 Å². The molecule has 0 aliphatic rings. The first-order valence-corrected chi connectivity index (χ1v) is 5.45. The van der Waals surface area contributed by atoms with Crippen molar-refractivity contribution in [1.82, 2.24) is 0 Å². The second kappa shape index (κ2) is 4.60. The Morgan fingerprint density at radius 3 is 2.12 bits per heavy atom. The van der Waals surface area contributed by atoms with Crippen molar-refractivity contribution in [2.45, 2.75) is 4.90 Å². The molecular formula is C9H7N5O2S. The lowest BCUT2D eigenvalue weighted by molar-refractivity contribution is -0.386. The fraction of sp³-hybridized carbons (Fsp3) is 0.111. The highest BCUT2D eigenvalue weighted by atomic mass is 32.2. The van der Waals surface area contributed by atoms with Gasteiger partial charge in [-0.25, -0.2) is 0 Å². The number of benzene rings is 1. The van der Waals surface area contributed by atoms with Gasteiger partial charge < -0.3 is 11.5 Å². The number of thioether (sulfide) groups is 1. The minimum absolute atomic E-state index is 0.0755. The molecule has 8 heteroatoms. The molecule has 0 amide bonds. The van der Waals surface area contributed by atoms with Gasteiger partial charge in [0.05, 0.1) is 16.2 Å². The van der Waals surface area contributed by atoms with E-state index in [1.165, 1.54) is 0 Å².